The van der Waals surface area contributed by atoms with Crippen LogP contribution >= 0.6 is 11.6 Å². The zero-order valence-corrected chi connectivity index (χ0v) is 17.5. The van der Waals surface area contributed by atoms with Crippen molar-refractivity contribution in [1.82, 2.24) is 19.4 Å². The molecule has 0 saturated heterocycles. The van der Waals surface area contributed by atoms with Gasteiger partial charge in [-0.15, -0.1) is 0 Å². The number of imidazole rings is 1. The molecule has 3 aromatic heterocycles. The molecule has 1 aromatic carbocycles. The van der Waals surface area contributed by atoms with Crippen LogP contribution in [0.5, 0.6) is 0 Å². The quantitative estimate of drug-likeness (QED) is 0.519. The number of pyridine rings is 1. The Morgan fingerprint density at radius 2 is 1.83 bits per heavy atom. The lowest BCUT2D eigenvalue weighted by Gasteiger charge is -2.16. The Bertz CT molecular complexity index is 1240. The fraction of sp³-hybridized carbons (Fsp3) is 0.261. The Hall–Kier alpha value is -2.80. The van der Waals surface area contributed by atoms with E-state index in [1.807, 2.05) is 36.5 Å². The highest BCUT2D eigenvalue weighted by Crippen LogP contribution is 2.45. The van der Waals surface area contributed by atoms with E-state index in [0.29, 0.717) is 5.82 Å². The second-order valence-electron chi connectivity index (χ2n) is 8.30. The largest absolute Gasteiger partial charge is 0.382 e. The summed E-state index contributed by atoms with van der Waals surface area (Å²) in [5.74, 6) is 0.475. The Kier molecular flexibility index (Phi) is 4.39. The fourth-order valence-electron chi connectivity index (χ4n) is 4.17. The van der Waals surface area contributed by atoms with Crippen molar-refractivity contribution in [2.45, 2.75) is 37.8 Å². The van der Waals surface area contributed by atoms with Gasteiger partial charge in [-0.1, -0.05) is 29.8 Å². The highest BCUT2D eigenvalue weighted by molar-refractivity contribution is 6.31. The third-order valence-electron chi connectivity index (χ3n) is 5.67. The van der Waals surface area contributed by atoms with E-state index in [1.165, 1.54) is 0 Å². The van der Waals surface area contributed by atoms with Gasteiger partial charge in [-0.3, -0.25) is 0 Å². The maximum atomic E-state index is 10.1. The van der Waals surface area contributed by atoms with Gasteiger partial charge in [0.2, 0.25) is 0 Å². The number of nitrogens with two attached hydrogens (primary N) is 1. The molecule has 0 bridgehead atoms. The van der Waals surface area contributed by atoms with E-state index >= 15 is 0 Å². The smallest absolute Gasteiger partial charge is 0.159 e. The van der Waals surface area contributed by atoms with Crippen LogP contribution in [-0.2, 0) is 5.60 Å². The van der Waals surface area contributed by atoms with Crippen molar-refractivity contribution in [3.63, 3.8) is 0 Å². The Morgan fingerprint density at radius 3 is 2.53 bits per heavy atom. The van der Waals surface area contributed by atoms with Crippen molar-refractivity contribution >= 4 is 17.2 Å². The molecule has 0 fully saturated rings. The van der Waals surface area contributed by atoms with E-state index in [9.17, 15) is 5.11 Å². The first-order valence-electron chi connectivity index (χ1n) is 9.90. The van der Waals surface area contributed by atoms with Gasteiger partial charge in [0.05, 0.1) is 11.4 Å². The average molecular weight is 420 g/mol. The highest BCUT2D eigenvalue weighted by atomic mass is 35.5. The lowest BCUT2D eigenvalue weighted by atomic mass is 9.96. The molecular weight excluding hydrogens is 398 g/mol. The van der Waals surface area contributed by atoms with Gasteiger partial charge in [0.25, 0.3) is 0 Å². The molecule has 5 rings (SSSR count). The van der Waals surface area contributed by atoms with E-state index in [0.717, 1.165) is 45.2 Å². The molecule has 2 atom stereocenters. The molecule has 4 aromatic rings. The van der Waals surface area contributed by atoms with Crippen molar-refractivity contribution in [2.24, 2.45) is 5.73 Å². The molecule has 30 heavy (non-hydrogen) atoms. The summed E-state index contributed by atoms with van der Waals surface area (Å²) in [6.45, 7) is 3.34. The summed E-state index contributed by atoms with van der Waals surface area (Å²) < 4.78 is 2.11. The van der Waals surface area contributed by atoms with Crippen LogP contribution in [0, 0.1) is 0 Å². The topological polar surface area (TPSA) is 89.3 Å². The van der Waals surface area contributed by atoms with Crippen LogP contribution in [0.25, 0.3) is 16.8 Å². The van der Waals surface area contributed by atoms with Gasteiger partial charge < -0.3 is 15.2 Å². The van der Waals surface area contributed by atoms with Gasteiger partial charge in [0.15, 0.2) is 5.82 Å². The molecule has 0 aliphatic heterocycles. The van der Waals surface area contributed by atoms with Crippen molar-refractivity contribution in [3.8, 4) is 11.1 Å². The van der Waals surface area contributed by atoms with E-state index in [-0.39, 0.29) is 12.0 Å². The summed E-state index contributed by atoms with van der Waals surface area (Å²) >= 11 is 6.51. The van der Waals surface area contributed by atoms with Crippen LogP contribution in [-0.4, -0.2) is 24.5 Å². The number of rotatable bonds is 3. The minimum absolute atomic E-state index is 0.0859. The Morgan fingerprint density at radius 1 is 1.10 bits per heavy atom. The highest BCUT2D eigenvalue weighted by Gasteiger charge is 2.35. The summed E-state index contributed by atoms with van der Waals surface area (Å²) in [6, 6.07) is 11.8. The number of hydrogen-bond donors (Lipinski definition) is 2. The van der Waals surface area contributed by atoms with Crippen molar-refractivity contribution in [1.29, 1.82) is 0 Å². The number of halogens is 1. The van der Waals surface area contributed by atoms with E-state index in [1.54, 1.807) is 26.2 Å². The summed E-state index contributed by atoms with van der Waals surface area (Å²) in [5.41, 5.74) is 11.1. The minimum Gasteiger partial charge on any atom is -0.382 e. The molecular formula is C23H22ClN5O. The lowest BCUT2D eigenvalue weighted by Crippen LogP contribution is -2.19. The van der Waals surface area contributed by atoms with E-state index in [2.05, 4.69) is 20.4 Å². The SMILES string of the molecule is CC(C)(O)c1ncc(-c2ccc3nc4c(n3c2)C(c2ccccc2Cl)CC4N)cn1. The number of nitrogens with zero attached hydrogens (tertiary/aromatic N) is 4. The predicted molar refractivity (Wildman–Crippen MR) is 116 cm³/mol. The predicted octanol–water partition coefficient (Wildman–Crippen LogP) is 4.21. The third-order valence-corrected chi connectivity index (χ3v) is 6.01. The van der Waals surface area contributed by atoms with Crippen LogP contribution in [0.2, 0.25) is 5.02 Å². The first-order chi connectivity index (χ1) is 14.3. The van der Waals surface area contributed by atoms with Crippen molar-refractivity contribution < 1.29 is 5.11 Å². The molecule has 152 valence electrons. The first kappa shape index (κ1) is 19.2. The van der Waals surface area contributed by atoms with Crippen LogP contribution < -0.4 is 5.73 Å². The molecule has 2 unspecified atom stereocenters. The van der Waals surface area contributed by atoms with Gasteiger partial charge in [-0.05, 0) is 44.0 Å². The number of fused-ring (bicyclic) bond motifs is 3. The van der Waals surface area contributed by atoms with Gasteiger partial charge in [0.1, 0.15) is 11.2 Å². The molecule has 0 spiro atoms. The normalized spacial score (nSPS) is 18.7. The maximum Gasteiger partial charge on any atom is 0.159 e. The second-order valence-corrected chi connectivity index (χ2v) is 8.71. The molecule has 3 N–H and O–H groups in total. The number of aromatic nitrogens is 4. The zero-order valence-electron chi connectivity index (χ0n) is 16.7. The maximum absolute atomic E-state index is 10.1. The lowest BCUT2D eigenvalue weighted by molar-refractivity contribution is 0.0687. The molecule has 1 aliphatic rings. The Balaban J connectivity index is 1.62. The standard InChI is InChI=1S/C23H22ClN5O/c1-23(2,30)22-26-10-14(11-27-22)13-7-8-19-28-20-18(25)9-16(21(20)29(19)12-13)15-5-3-4-6-17(15)24/h3-8,10-12,16,18,30H,9,25H2,1-2H3. The zero-order chi connectivity index (χ0) is 21.0. The van der Waals surface area contributed by atoms with Crippen LogP contribution in [0.3, 0.4) is 0 Å². The fourth-order valence-corrected chi connectivity index (χ4v) is 4.44. The number of aliphatic hydroxyl groups is 1. The van der Waals surface area contributed by atoms with Gasteiger partial charge >= 0.3 is 0 Å². The number of benzene rings is 1. The summed E-state index contributed by atoms with van der Waals surface area (Å²) in [4.78, 5) is 13.5. The van der Waals surface area contributed by atoms with Crippen molar-refractivity contribution in [3.05, 3.63) is 82.8 Å². The minimum atomic E-state index is -1.08. The van der Waals surface area contributed by atoms with Crippen LogP contribution in [0.4, 0.5) is 0 Å². The number of hydrogen-bond acceptors (Lipinski definition) is 5. The van der Waals surface area contributed by atoms with Crippen molar-refractivity contribution in [2.75, 3.05) is 0 Å². The van der Waals surface area contributed by atoms with E-state index in [4.69, 9.17) is 22.3 Å². The average Bonchev–Trinajstić information content (AvgIpc) is 3.25. The molecule has 3 heterocycles. The van der Waals surface area contributed by atoms with Gasteiger partial charge in [-0.2, -0.15) is 0 Å². The molecule has 0 amide bonds. The van der Waals surface area contributed by atoms with E-state index < -0.39 is 5.60 Å². The monoisotopic (exact) mass is 419 g/mol. The first-order valence-corrected chi connectivity index (χ1v) is 10.3. The van der Waals surface area contributed by atoms with Gasteiger partial charge in [-0.25, -0.2) is 15.0 Å². The van der Waals surface area contributed by atoms with Gasteiger partial charge in [0, 0.05) is 46.7 Å². The molecule has 0 saturated carbocycles. The second kappa shape index (κ2) is 6.87. The Labute approximate surface area is 179 Å². The molecule has 1 aliphatic carbocycles. The summed E-state index contributed by atoms with van der Waals surface area (Å²) in [5, 5.41) is 10.8. The van der Waals surface area contributed by atoms with Crippen LogP contribution in [0.15, 0.2) is 55.0 Å². The van der Waals surface area contributed by atoms with Crippen LogP contribution in [0.1, 0.15) is 55.0 Å². The summed E-state index contributed by atoms with van der Waals surface area (Å²) in [6.07, 6.45) is 6.29. The third kappa shape index (κ3) is 3.08. The molecule has 7 heteroatoms. The molecule has 0 radical (unpaired) electrons. The molecule has 6 nitrogen and oxygen atoms in total. The summed E-state index contributed by atoms with van der Waals surface area (Å²) in [7, 11) is 0.